The van der Waals surface area contributed by atoms with Crippen LogP contribution in [-0.4, -0.2) is 18.5 Å². The summed E-state index contributed by atoms with van der Waals surface area (Å²) in [5.74, 6) is 0.842. The third kappa shape index (κ3) is 3.15. The monoisotopic (exact) mass is 294 g/mol. The molecule has 3 unspecified atom stereocenters. The van der Waals surface area contributed by atoms with Crippen LogP contribution >= 0.6 is 12.4 Å². The van der Waals surface area contributed by atoms with E-state index in [1.807, 2.05) is 12.1 Å². The van der Waals surface area contributed by atoms with Crippen molar-refractivity contribution in [3.05, 3.63) is 35.4 Å². The lowest BCUT2D eigenvalue weighted by atomic mass is 9.77. The van der Waals surface area contributed by atoms with Gasteiger partial charge in [0, 0.05) is 12.6 Å². The predicted molar refractivity (Wildman–Crippen MR) is 83.1 cm³/mol. The van der Waals surface area contributed by atoms with Gasteiger partial charge in [0.15, 0.2) is 0 Å². The second-order valence-corrected chi connectivity index (χ2v) is 5.99. The van der Waals surface area contributed by atoms with E-state index in [-0.39, 0.29) is 24.2 Å². The molecule has 2 aliphatic carbocycles. The lowest BCUT2D eigenvalue weighted by Crippen LogP contribution is -2.40. The van der Waals surface area contributed by atoms with E-state index < -0.39 is 0 Å². The molecule has 1 aromatic rings. The Morgan fingerprint density at radius 3 is 2.85 bits per heavy atom. The van der Waals surface area contributed by atoms with E-state index in [1.54, 1.807) is 0 Å². The highest BCUT2D eigenvalue weighted by atomic mass is 35.5. The number of nitrogens with one attached hydrogen (secondary N) is 1. The van der Waals surface area contributed by atoms with Crippen molar-refractivity contribution in [3.8, 4) is 0 Å². The van der Waals surface area contributed by atoms with Crippen molar-refractivity contribution in [2.75, 3.05) is 6.54 Å². The van der Waals surface area contributed by atoms with Gasteiger partial charge in [0.25, 0.3) is 0 Å². The third-order valence-electron chi connectivity index (χ3n) is 4.56. The number of nitrogens with two attached hydrogens (primary N) is 1. The van der Waals surface area contributed by atoms with E-state index in [1.165, 1.54) is 24.0 Å². The zero-order valence-corrected chi connectivity index (χ0v) is 12.5. The molecule has 0 bridgehead atoms. The average molecular weight is 295 g/mol. The minimum Gasteiger partial charge on any atom is -0.355 e. The first kappa shape index (κ1) is 15.3. The highest BCUT2D eigenvalue weighted by Gasteiger charge is 2.32. The van der Waals surface area contributed by atoms with Crippen LogP contribution in [0.3, 0.4) is 0 Å². The number of amides is 1. The molecule has 110 valence electrons. The zero-order chi connectivity index (χ0) is 13.2. The Kier molecular flexibility index (Phi) is 5.06. The number of halogens is 1. The largest absolute Gasteiger partial charge is 0.355 e. The Balaban J connectivity index is 0.00000147. The summed E-state index contributed by atoms with van der Waals surface area (Å²) in [4.78, 5) is 12.2. The SMILES string of the molecule is Cl.NC1CCCC(CNC(=O)C2Cc3ccccc32)C1. The molecule has 0 radical (unpaired) electrons. The fourth-order valence-corrected chi connectivity index (χ4v) is 3.38. The summed E-state index contributed by atoms with van der Waals surface area (Å²) < 4.78 is 0. The minimum atomic E-state index is 0. The van der Waals surface area contributed by atoms with Crippen molar-refractivity contribution in [3.63, 3.8) is 0 Å². The molecule has 4 heteroatoms. The van der Waals surface area contributed by atoms with Crippen molar-refractivity contribution >= 4 is 18.3 Å². The Labute approximate surface area is 126 Å². The smallest absolute Gasteiger partial charge is 0.227 e. The van der Waals surface area contributed by atoms with Crippen LogP contribution in [0, 0.1) is 5.92 Å². The van der Waals surface area contributed by atoms with Gasteiger partial charge >= 0.3 is 0 Å². The van der Waals surface area contributed by atoms with Crippen LogP contribution < -0.4 is 11.1 Å². The van der Waals surface area contributed by atoms with E-state index >= 15 is 0 Å². The maximum absolute atomic E-state index is 12.2. The van der Waals surface area contributed by atoms with Gasteiger partial charge in [-0.25, -0.2) is 0 Å². The number of hydrogen-bond donors (Lipinski definition) is 2. The van der Waals surface area contributed by atoms with E-state index in [4.69, 9.17) is 5.73 Å². The Morgan fingerprint density at radius 1 is 1.30 bits per heavy atom. The number of carbonyl (C=O) groups excluding carboxylic acids is 1. The van der Waals surface area contributed by atoms with Crippen LogP contribution in [-0.2, 0) is 11.2 Å². The van der Waals surface area contributed by atoms with Crippen LogP contribution in [0.1, 0.15) is 42.7 Å². The molecule has 3 rings (SSSR count). The van der Waals surface area contributed by atoms with Crippen LogP contribution in [0.4, 0.5) is 0 Å². The van der Waals surface area contributed by atoms with Crippen molar-refractivity contribution in [2.24, 2.45) is 11.7 Å². The number of rotatable bonds is 3. The predicted octanol–water partition coefficient (Wildman–Crippen LogP) is 2.38. The Morgan fingerprint density at radius 2 is 2.10 bits per heavy atom. The Hall–Kier alpha value is -1.06. The normalized spacial score (nSPS) is 27.8. The summed E-state index contributed by atoms with van der Waals surface area (Å²) in [6, 6.07) is 8.56. The second-order valence-electron chi connectivity index (χ2n) is 5.99. The lowest BCUT2D eigenvalue weighted by Gasteiger charge is -2.31. The lowest BCUT2D eigenvalue weighted by molar-refractivity contribution is -0.123. The molecule has 0 heterocycles. The van der Waals surface area contributed by atoms with Gasteiger partial charge in [0.2, 0.25) is 5.91 Å². The molecule has 0 saturated heterocycles. The van der Waals surface area contributed by atoms with Gasteiger partial charge in [0.05, 0.1) is 5.92 Å². The molecule has 1 fully saturated rings. The molecule has 2 aliphatic rings. The van der Waals surface area contributed by atoms with Crippen molar-refractivity contribution < 1.29 is 4.79 Å². The van der Waals surface area contributed by atoms with Crippen LogP contribution in [0.5, 0.6) is 0 Å². The number of hydrogen-bond acceptors (Lipinski definition) is 2. The van der Waals surface area contributed by atoms with E-state index in [9.17, 15) is 4.79 Å². The summed E-state index contributed by atoms with van der Waals surface area (Å²) in [6.07, 6.45) is 5.50. The first-order chi connectivity index (χ1) is 9.24. The van der Waals surface area contributed by atoms with Crippen molar-refractivity contribution in [1.82, 2.24) is 5.32 Å². The number of carbonyl (C=O) groups is 1. The highest BCUT2D eigenvalue weighted by Crippen LogP contribution is 2.34. The fourth-order valence-electron chi connectivity index (χ4n) is 3.38. The summed E-state index contributed by atoms with van der Waals surface area (Å²) in [6.45, 7) is 0.797. The molecule has 3 N–H and O–H groups in total. The third-order valence-corrected chi connectivity index (χ3v) is 4.56. The fraction of sp³-hybridized carbons (Fsp3) is 0.562. The summed E-state index contributed by atoms with van der Waals surface area (Å²) in [5.41, 5.74) is 8.51. The maximum atomic E-state index is 12.2. The molecule has 1 amide bonds. The molecule has 1 aromatic carbocycles. The molecule has 0 aromatic heterocycles. The van der Waals surface area contributed by atoms with Crippen LogP contribution in [0.2, 0.25) is 0 Å². The molecule has 1 saturated carbocycles. The quantitative estimate of drug-likeness (QED) is 0.899. The van der Waals surface area contributed by atoms with Gasteiger partial charge in [0.1, 0.15) is 0 Å². The standard InChI is InChI=1S/C16H22N2O.ClH/c17-13-6-3-4-11(8-13)10-18-16(19)15-9-12-5-1-2-7-14(12)15;/h1-2,5,7,11,13,15H,3-4,6,8-10,17H2,(H,18,19);1H. The second kappa shape index (κ2) is 6.59. The van der Waals surface area contributed by atoms with Gasteiger partial charge in [-0.3, -0.25) is 4.79 Å². The van der Waals surface area contributed by atoms with Gasteiger partial charge in [-0.05, 0) is 42.7 Å². The van der Waals surface area contributed by atoms with Gasteiger partial charge in [-0.2, -0.15) is 0 Å². The van der Waals surface area contributed by atoms with E-state index in [0.717, 1.165) is 25.8 Å². The van der Waals surface area contributed by atoms with Crippen LogP contribution in [0.15, 0.2) is 24.3 Å². The van der Waals surface area contributed by atoms with E-state index in [2.05, 4.69) is 17.4 Å². The molecular weight excluding hydrogens is 272 g/mol. The Bertz CT molecular complexity index is 477. The minimum absolute atomic E-state index is 0. The van der Waals surface area contributed by atoms with Crippen molar-refractivity contribution in [2.45, 2.75) is 44.1 Å². The summed E-state index contributed by atoms with van der Waals surface area (Å²) >= 11 is 0. The van der Waals surface area contributed by atoms with Crippen LogP contribution in [0.25, 0.3) is 0 Å². The van der Waals surface area contributed by atoms with E-state index in [0.29, 0.717) is 12.0 Å². The molecular formula is C16H23ClN2O. The van der Waals surface area contributed by atoms with Gasteiger partial charge in [-0.1, -0.05) is 30.7 Å². The van der Waals surface area contributed by atoms with Gasteiger partial charge < -0.3 is 11.1 Å². The maximum Gasteiger partial charge on any atom is 0.227 e. The highest BCUT2D eigenvalue weighted by molar-refractivity contribution is 5.86. The number of benzene rings is 1. The number of fused-ring (bicyclic) bond motifs is 1. The topological polar surface area (TPSA) is 55.1 Å². The summed E-state index contributed by atoms with van der Waals surface area (Å²) in [7, 11) is 0. The van der Waals surface area contributed by atoms with Crippen molar-refractivity contribution in [1.29, 1.82) is 0 Å². The molecule has 0 aliphatic heterocycles. The molecule has 0 spiro atoms. The first-order valence-electron chi connectivity index (χ1n) is 7.35. The zero-order valence-electron chi connectivity index (χ0n) is 11.7. The average Bonchev–Trinajstić information content (AvgIpc) is 2.38. The molecule has 3 nitrogen and oxygen atoms in total. The summed E-state index contributed by atoms with van der Waals surface area (Å²) in [5, 5.41) is 3.12. The molecule has 3 atom stereocenters. The molecule has 20 heavy (non-hydrogen) atoms. The van der Waals surface area contributed by atoms with Gasteiger partial charge in [-0.15, -0.1) is 12.4 Å². The first-order valence-corrected chi connectivity index (χ1v) is 7.35.